The van der Waals surface area contributed by atoms with Crippen LogP contribution in [0.2, 0.25) is 0 Å². The Morgan fingerprint density at radius 2 is 1.93 bits per heavy atom. The van der Waals surface area contributed by atoms with Crippen molar-refractivity contribution in [2.24, 2.45) is 0 Å². The van der Waals surface area contributed by atoms with Crippen LogP contribution in [0.15, 0.2) is 36.4 Å². The Hall–Kier alpha value is -2.87. The second kappa shape index (κ2) is 6.63. The topological polar surface area (TPSA) is 81.1 Å². The first kappa shape index (κ1) is 17.2. The Kier molecular flexibility index (Phi) is 4.08. The van der Waals surface area contributed by atoms with Gasteiger partial charge >= 0.3 is 0 Å². The summed E-state index contributed by atoms with van der Waals surface area (Å²) in [5, 5.41) is 9.47. The molecule has 2 aromatic heterocycles. The van der Waals surface area contributed by atoms with Crippen molar-refractivity contribution in [2.45, 2.75) is 31.8 Å². The summed E-state index contributed by atoms with van der Waals surface area (Å²) < 4.78 is 10.5. The molecule has 0 amide bonds. The average molecular weight is 393 g/mol. The van der Waals surface area contributed by atoms with Gasteiger partial charge in [-0.15, -0.1) is 10.2 Å². The number of hydrogen-bond donors (Lipinski definition) is 0. The van der Waals surface area contributed by atoms with Crippen molar-refractivity contribution in [3.8, 4) is 16.5 Å². The standard InChI is InChI=1S/C20H19N5O2S/c1-13-21-19(28-24-13)15-6-7-18(23-22-15)25-10-8-20(9-11-25)12-16(26)14-4-2-3-5-17(14)27-20/h2-7H,8-12H2,1H3. The van der Waals surface area contributed by atoms with Crippen molar-refractivity contribution in [3.63, 3.8) is 0 Å². The Labute approximate surface area is 166 Å². The van der Waals surface area contributed by atoms with E-state index in [9.17, 15) is 4.79 Å². The van der Waals surface area contributed by atoms with Crippen LogP contribution in [0.4, 0.5) is 5.82 Å². The van der Waals surface area contributed by atoms with Gasteiger partial charge in [0, 0.05) is 25.9 Å². The Morgan fingerprint density at radius 1 is 1.11 bits per heavy atom. The average Bonchev–Trinajstić information content (AvgIpc) is 3.15. The van der Waals surface area contributed by atoms with Crippen LogP contribution in [-0.2, 0) is 0 Å². The van der Waals surface area contributed by atoms with Crippen LogP contribution in [0.25, 0.3) is 10.7 Å². The smallest absolute Gasteiger partial charge is 0.170 e. The molecule has 0 radical (unpaired) electrons. The van der Waals surface area contributed by atoms with E-state index in [2.05, 4.69) is 24.5 Å². The highest BCUT2D eigenvalue weighted by atomic mass is 32.1. The minimum Gasteiger partial charge on any atom is -0.486 e. The van der Waals surface area contributed by atoms with E-state index in [0.717, 1.165) is 48.3 Å². The minimum absolute atomic E-state index is 0.173. The third kappa shape index (κ3) is 3.03. The number of Topliss-reactive ketones (excluding diaryl/α,β-unsaturated/α-hetero) is 1. The lowest BCUT2D eigenvalue weighted by atomic mass is 9.82. The van der Waals surface area contributed by atoms with Gasteiger partial charge in [-0.2, -0.15) is 4.37 Å². The lowest BCUT2D eigenvalue weighted by Crippen LogP contribution is -2.51. The van der Waals surface area contributed by atoms with Gasteiger partial charge in [-0.3, -0.25) is 4.79 Å². The van der Waals surface area contributed by atoms with Gasteiger partial charge < -0.3 is 9.64 Å². The third-order valence-corrected chi connectivity index (χ3v) is 6.22. The van der Waals surface area contributed by atoms with Gasteiger partial charge in [0.05, 0.1) is 12.0 Å². The van der Waals surface area contributed by atoms with Crippen LogP contribution in [-0.4, -0.2) is 44.0 Å². The highest BCUT2D eigenvalue weighted by molar-refractivity contribution is 7.09. The zero-order valence-corrected chi connectivity index (χ0v) is 16.3. The number of fused-ring (bicyclic) bond motifs is 1. The summed E-state index contributed by atoms with van der Waals surface area (Å²) >= 11 is 1.33. The van der Waals surface area contributed by atoms with Crippen molar-refractivity contribution in [2.75, 3.05) is 18.0 Å². The molecule has 28 heavy (non-hydrogen) atoms. The maximum absolute atomic E-state index is 12.6. The highest BCUT2D eigenvalue weighted by Gasteiger charge is 2.43. The lowest BCUT2D eigenvalue weighted by molar-refractivity contribution is 0.0231. The Bertz CT molecular complexity index is 1030. The fraction of sp³-hybridized carbons (Fsp3) is 0.350. The first-order valence-electron chi connectivity index (χ1n) is 9.33. The summed E-state index contributed by atoms with van der Waals surface area (Å²) in [6.45, 7) is 3.42. The zero-order valence-electron chi connectivity index (χ0n) is 15.5. The predicted octanol–water partition coefficient (Wildman–Crippen LogP) is 3.31. The largest absolute Gasteiger partial charge is 0.486 e. The molecule has 5 rings (SSSR count). The molecule has 4 heterocycles. The van der Waals surface area contributed by atoms with Crippen molar-refractivity contribution in [1.29, 1.82) is 0 Å². The molecule has 0 bridgehead atoms. The van der Waals surface area contributed by atoms with Crippen LogP contribution < -0.4 is 9.64 Å². The second-order valence-electron chi connectivity index (χ2n) is 7.29. The van der Waals surface area contributed by atoms with E-state index >= 15 is 0 Å². The molecule has 1 spiro atoms. The number of anilines is 1. The molecule has 7 nitrogen and oxygen atoms in total. The fourth-order valence-electron chi connectivity index (χ4n) is 3.87. The molecule has 1 fully saturated rings. The van der Waals surface area contributed by atoms with Gasteiger partial charge in [0.2, 0.25) is 0 Å². The van der Waals surface area contributed by atoms with Crippen LogP contribution >= 0.6 is 11.5 Å². The number of nitrogens with zero attached hydrogens (tertiary/aromatic N) is 5. The predicted molar refractivity (Wildman–Crippen MR) is 106 cm³/mol. The van der Waals surface area contributed by atoms with Crippen LogP contribution in [0.1, 0.15) is 35.4 Å². The van der Waals surface area contributed by atoms with Crippen molar-refractivity contribution >= 4 is 23.1 Å². The maximum Gasteiger partial charge on any atom is 0.170 e. The first-order chi connectivity index (χ1) is 13.6. The zero-order chi connectivity index (χ0) is 19.1. The number of carbonyl (C=O) groups is 1. The van der Waals surface area contributed by atoms with Crippen molar-refractivity contribution in [1.82, 2.24) is 19.6 Å². The molecule has 1 aromatic carbocycles. The summed E-state index contributed by atoms with van der Waals surface area (Å²) in [7, 11) is 0. The molecule has 0 aliphatic carbocycles. The van der Waals surface area contributed by atoms with E-state index in [-0.39, 0.29) is 5.78 Å². The summed E-state index contributed by atoms with van der Waals surface area (Å²) in [4.78, 5) is 19.1. The Morgan fingerprint density at radius 3 is 2.64 bits per heavy atom. The number of piperidine rings is 1. The normalized spacial score (nSPS) is 18.0. The molecule has 3 aromatic rings. The number of hydrogen-bond acceptors (Lipinski definition) is 8. The summed E-state index contributed by atoms with van der Waals surface area (Å²) in [5.41, 5.74) is 1.03. The van der Waals surface area contributed by atoms with E-state index in [0.29, 0.717) is 17.7 Å². The Balaban J connectivity index is 1.29. The number of para-hydroxylation sites is 1. The maximum atomic E-state index is 12.6. The molecule has 0 saturated carbocycles. The molecule has 2 aliphatic heterocycles. The number of aryl methyl sites for hydroxylation is 1. The number of benzene rings is 1. The van der Waals surface area contributed by atoms with Crippen LogP contribution in [0.5, 0.6) is 5.75 Å². The SMILES string of the molecule is Cc1nsc(-c2ccc(N3CCC4(CC3)CC(=O)c3ccccc3O4)nn2)n1. The van der Waals surface area contributed by atoms with Crippen LogP contribution in [0, 0.1) is 6.92 Å². The molecule has 2 aliphatic rings. The first-order valence-corrected chi connectivity index (χ1v) is 10.1. The minimum atomic E-state index is -0.403. The number of rotatable bonds is 2. The van der Waals surface area contributed by atoms with Gasteiger partial charge in [0.25, 0.3) is 0 Å². The van der Waals surface area contributed by atoms with E-state index in [1.165, 1.54) is 11.5 Å². The molecule has 142 valence electrons. The van der Waals surface area contributed by atoms with Gasteiger partial charge in [0.1, 0.15) is 22.9 Å². The molecule has 1 saturated heterocycles. The van der Waals surface area contributed by atoms with E-state index in [4.69, 9.17) is 4.74 Å². The fourth-order valence-corrected chi connectivity index (χ4v) is 4.51. The number of aromatic nitrogens is 4. The molecule has 0 atom stereocenters. The lowest BCUT2D eigenvalue weighted by Gasteiger charge is -2.44. The van der Waals surface area contributed by atoms with E-state index in [1.807, 2.05) is 43.3 Å². The molecular weight excluding hydrogens is 374 g/mol. The monoisotopic (exact) mass is 393 g/mol. The third-order valence-electron chi connectivity index (χ3n) is 5.39. The highest BCUT2D eigenvalue weighted by Crippen LogP contribution is 2.39. The van der Waals surface area contributed by atoms with Crippen molar-refractivity contribution < 1.29 is 9.53 Å². The van der Waals surface area contributed by atoms with E-state index in [1.54, 1.807) is 0 Å². The number of ether oxygens (including phenoxy) is 1. The molecular formula is C20H19N5O2S. The molecule has 8 heteroatoms. The number of ketones is 1. The van der Waals surface area contributed by atoms with Gasteiger partial charge in [-0.05, 0) is 42.7 Å². The molecule has 0 unspecified atom stereocenters. The number of carbonyl (C=O) groups excluding carboxylic acids is 1. The summed E-state index contributed by atoms with van der Waals surface area (Å²) in [6, 6.07) is 11.4. The van der Waals surface area contributed by atoms with Gasteiger partial charge in [0.15, 0.2) is 16.6 Å². The van der Waals surface area contributed by atoms with E-state index < -0.39 is 5.60 Å². The van der Waals surface area contributed by atoms with Crippen molar-refractivity contribution in [3.05, 3.63) is 47.8 Å². The summed E-state index contributed by atoms with van der Waals surface area (Å²) in [6.07, 6.45) is 2.01. The van der Waals surface area contributed by atoms with Crippen LogP contribution in [0.3, 0.4) is 0 Å². The van der Waals surface area contributed by atoms with Gasteiger partial charge in [-0.25, -0.2) is 4.98 Å². The summed E-state index contributed by atoms with van der Waals surface area (Å²) in [5.74, 6) is 2.47. The van der Waals surface area contributed by atoms with Gasteiger partial charge in [-0.1, -0.05) is 12.1 Å². The quantitative estimate of drug-likeness (QED) is 0.661. The molecule has 0 N–H and O–H groups in total. The second-order valence-corrected chi connectivity index (χ2v) is 8.04.